The minimum atomic E-state index is -1.17. The molecule has 0 unspecified atom stereocenters. The Morgan fingerprint density at radius 3 is 2.53 bits per heavy atom. The van der Waals surface area contributed by atoms with Crippen LogP contribution in [-0.2, 0) is 9.59 Å². The minimum Gasteiger partial charge on any atom is -0.478 e. The molecular formula is C33H33Cl2N7O4S. The van der Waals surface area contributed by atoms with E-state index >= 15 is 0 Å². The lowest BCUT2D eigenvalue weighted by Gasteiger charge is -2.13. The minimum absolute atomic E-state index is 0. The molecule has 0 radical (unpaired) electrons. The maximum absolute atomic E-state index is 13.2. The highest BCUT2D eigenvalue weighted by Crippen LogP contribution is 2.39. The molecule has 3 heterocycles. The van der Waals surface area contributed by atoms with Crippen molar-refractivity contribution in [1.29, 1.82) is 0 Å². The topological polar surface area (TPSA) is 165 Å². The number of nitrogens with one attached hydrogen (secondary N) is 2. The molecule has 0 fully saturated rings. The quantitative estimate of drug-likeness (QED) is 0.139. The number of rotatable bonds is 9. The van der Waals surface area contributed by atoms with Crippen molar-refractivity contribution in [2.45, 2.75) is 46.1 Å². The fourth-order valence-corrected chi connectivity index (χ4v) is 6.47. The lowest BCUT2D eigenvalue weighted by molar-refractivity contribution is -0.122. The Morgan fingerprint density at radius 1 is 1.09 bits per heavy atom. The van der Waals surface area contributed by atoms with Crippen LogP contribution in [0.2, 0.25) is 5.02 Å². The summed E-state index contributed by atoms with van der Waals surface area (Å²) in [5.74, 6) is 4.99. The third-order valence-electron chi connectivity index (χ3n) is 7.50. The third-order valence-corrected chi connectivity index (χ3v) is 8.94. The second kappa shape index (κ2) is 15.4. The summed E-state index contributed by atoms with van der Waals surface area (Å²) in [6.45, 7) is 6.40. The van der Waals surface area contributed by atoms with Crippen LogP contribution in [0, 0.1) is 32.6 Å². The molecule has 2 aromatic heterocycles. The van der Waals surface area contributed by atoms with Crippen LogP contribution in [-0.4, -0.2) is 56.5 Å². The number of nitrogens with two attached hydrogens (primary N) is 1. The van der Waals surface area contributed by atoms with Crippen molar-refractivity contribution in [2.75, 3.05) is 18.4 Å². The van der Waals surface area contributed by atoms with Gasteiger partial charge in [0.2, 0.25) is 11.8 Å². The molecule has 0 spiro atoms. The van der Waals surface area contributed by atoms with Crippen molar-refractivity contribution >= 4 is 64.5 Å². The van der Waals surface area contributed by atoms with E-state index in [-0.39, 0.29) is 61.4 Å². The fraction of sp³-hybridized carbons (Fsp3) is 0.273. The summed E-state index contributed by atoms with van der Waals surface area (Å²) in [6, 6.07) is 11.3. The number of anilines is 1. The summed E-state index contributed by atoms with van der Waals surface area (Å²) in [5.41, 5.74) is 9.75. The van der Waals surface area contributed by atoms with Crippen LogP contribution >= 0.6 is 35.3 Å². The number of amides is 2. The zero-order chi connectivity index (χ0) is 33.0. The maximum atomic E-state index is 13.2. The number of carbonyl (C=O) groups is 3. The molecule has 0 saturated carbocycles. The fourth-order valence-electron chi connectivity index (χ4n) is 5.13. The van der Waals surface area contributed by atoms with E-state index in [2.05, 4.69) is 46.5 Å². The van der Waals surface area contributed by atoms with Crippen molar-refractivity contribution in [2.24, 2.45) is 10.7 Å². The first-order valence-electron chi connectivity index (χ1n) is 14.6. The van der Waals surface area contributed by atoms with Crippen LogP contribution < -0.4 is 16.4 Å². The van der Waals surface area contributed by atoms with E-state index in [9.17, 15) is 19.5 Å². The van der Waals surface area contributed by atoms with E-state index in [0.717, 1.165) is 32.3 Å². The molecule has 0 bridgehead atoms. The van der Waals surface area contributed by atoms with Gasteiger partial charge in [-0.15, -0.1) is 33.9 Å². The molecule has 5 N–H and O–H groups in total. The van der Waals surface area contributed by atoms with Crippen LogP contribution in [0.4, 0.5) is 5.69 Å². The van der Waals surface area contributed by atoms with Crippen molar-refractivity contribution in [3.63, 3.8) is 0 Å². The zero-order valence-electron chi connectivity index (χ0n) is 25.9. The molecule has 5 rings (SSSR count). The smallest absolute Gasteiger partial charge is 0.337 e. The Bertz CT molecular complexity index is 1920. The SMILES string of the molecule is Cc1sc2c(c1C)C(c1ccc(Cl)cc1)=N[C@@H](CC(=O)NCCCC(=O)Nc1cc(C#CCN)ccc1C(=O)O)c1nnc(C)n1-2.Cl. The molecule has 47 heavy (non-hydrogen) atoms. The molecule has 1 aliphatic heterocycles. The van der Waals surface area contributed by atoms with Gasteiger partial charge in [-0.2, -0.15) is 0 Å². The van der Waals surface area contributed by atoms with Gasteiger partial charge in [-0.3, -0.25) is 19.1 Å². The molecule has 11 nitrogen and oxygen atoms in total. The number of halogens is 2. The predicted octanol–water partition coefficient (Wildman–Crippen LogP) is 5.15. The van der Waals surface area contributed by atoms with E-state index in [0.29, 0.717) is 28.7 Å². The van der Waals surface area contributed by atoms with E-state index in [1.54, 1.807) is 17.4 Å². The first-order valence-corrected chi connectivity index (χ1v) is 15.8. The van der Waals surface area contributed by atoms with Gasteiger partial charge >= 0.3 is 5.97 Å². The third kappa shape index (κ3) is 7.89. The first-order chi connectivity index (χ1) is 22.1. The van der Waals surface area contributed by atoms with E-state index in [1.165, 1.54) is 12.1 Å². The number of nitrogens with zero attached hydrogens (tertiary/aromatic N) is 4. The average Bonchev–Trinajstić information content (AvgIpc) is 3.50. The number of aromatic carboxylic acids is 1. The highest BCUT2D eigenvalue weighted by molar-refractivity contribution is 7.15. The Labute approximate surface area is 287 Å². The largest absolute Gasteiger partial charge is 0.478 e. The molecule has 0 aliphatic carbocycles. The summed E-state index contributed by atoms with van der Waals surface area (Å²) < 4.78 is 1.98. The van der Waals surface area contributed by atoms with Gasteiger partial charge in [-0.1, -0.05) is 35.6 Å². The van der Waals surface area contributed by atoms with Gasteiger partial charge in [0.25, 0.3) is 0 Å². The highest BCUT2D eigenvalue weighted by Gasteiger charge is 2.32. The molecular weight excluding hydrogens is 661 g/mol. The number of hydrogen-bond donors (Lipinski definition) is 4. The second-order valence-electron chi connectivity index (χ2n) is 10.7. The van der Waals surface area contributed by atoms with Gasteiger partial charge in [-0.25, -0.2) is 4.79 Å². The van der Waals surface area contributed by atoms with Gasteiger partial charge in [0.15, 0.2) is 5.82 Å². The highest BCUT2D eigenvalue weighted by atomic mass is 35.5. The lowest BCUT2D eigenvalue weighted by atomic mass is 9.99. The summed E-state index contributed by atoms with van der Waals surface area (Å²) in [7, 11) is 0. The van der Waals surface area contributed by atoms with Gasteiger partial charge < -0.3 is 21.5 Å². The van der Waals surface area contributed by atoms with Crippen LogP contribution in [0.25, 0.3) is 5.00 Å². The molecule has 14 heteroatoms. The number of carbonyl (C=O) groups excluding carboxylic acids is 2. The monoisotopic (exact) mass is 693 g/mol. The number of fused-ring (bicyclic) bond motifs is 3. The van der Waals surface area contributed by atoms with Crippen molar-refractivity contribution in [3.05, 3.63) is 91.8 Å². The van der Waals surface area contributed by atoms with Gasteiger partial charge in [0, 0.05) is 39.6 Å². The number of carboxylic acid groups (broad SMARTS) is 1. The molecule has 2 aromatic carbocycles. The number of aliphatic imine (C=N–C) groups is 1. The van der Waals surface area contributed by atoms with Crippen LogP contribution in [0.5, 0.6) is 0 Å². The molecule has 4 aromatic rings. The normalized spacial score (nSPS) is 13.1. The number of benzene rings is 2. The maximum Gasteiger partial charge on any atom is 0.337 e. The Kier molecular flexibility index (Phi) is 11.5. The molecule has 0 saturated heterocycles. The van der Waals surface area contributed by atoms with E-state index < -0.39 is 12.0 Å². The van der Waals surface area contributed by atoms with Crippen LogP contribution in [0.15, 0.2) is 47.5 Å². The van der Waals surface area contributed by atoms with Crippen molar-refractivity contribution < 1.29 is 19.5 Å². The summed E-state index contributed by atoms with van der Waals surface area (Å²) in [5, 5.41) is 25.4. The number of aryl methyl sites for hydroxylation is 2. The van der Waals surface area contributed by atoms with Gasteiger partial charge in [0.1, 0.15) is 16.9 Å². The number of thiophene rings is 1. The summed E-state index contributed by atoms with van der Waals surface area (Å²) >= 11 is 7.82. The van der Waals surface area contributed by atoms with Gasteiger partial charge in [-0.05, 0) is 63.1 Å². The van der Waals surface area contributed by atoms with E-state index in [4.69, 9.17) is 22.3 Å². The number of aromatic nitrogens is 3. The summed E-state index contributed by atoms with van der Waals surface area (Å²) in [6.07, 6.45) is 0.418. The molecule has 1 atom stereocenters. The molecule has 244 valence electrons. The van der Waals surface area contributed by atoms with Crippen molar-refractivity contribution in [3.8, 4) is 16.8 Å². The van der Waals surface area contributed by atoms with Gasteiger partial charge in [0.05, 0.1) is 29.9 Å². The Morgan fingerprint density at radius 2 is 1.83 bits per heavy atom. The summed E-state index contributed by atoms with van der Waals surface area (Å²) in [4.78, 5) is 43.8. The number of hydrogen-bond acceptors (Lipinski definition) is 8. The van der Waals surface area contributed by atoms with Crippen LogP contribution in [0.1, 0.15) is 74.4 Å². The molecule has 1 aliphatic rings. The van der Waals surface area contributed by atoms with Crippen molar-refractivity contribution in [1.82, 2.24) is 20.1 Å². The number of carboxylic acids is 1. The standard InChI is InChI=1S/C33H32ClN7O4S.ClH/c1-18-19(2)46-32-29(18)30(22-9-11-23(34)12-10-22)38-26(31-40-39-20(3)41(31)32)17-28(43)36-15-5-7-27(42)37-25-16-21(6-4-14-35)8-13-24(25)33(44)45;/h8-13,16,26H,5,7,14-15,17,35H2,1-3H3,(H,36,43)(H,37,42)(H,44,45);1H/t26-;/m0./s1. The predicted molar refractivity (Wildman–Crippen MR) is 185 cm³/mol. The Balaban J connectivity index is 0.00000500. The molecule has 2 amide bonds. The Hall–Kier alpha value is -4.54. The lowest BCUT2D eigenvalue weighted by Crippen LogP contribution is -2.27. The average molecular weight is 695 g/mol. The second-order valence-corrected chi connectivity index (χ2v) is 12.3. The first kappa shape index (κ1) is 35.3. The zero-order valence-corrected chi connectivity index (χ0v) is 28.3. The van der Waals surface area contributed by atoms with E-state index in [1.807, 2.05) is 35.8 Å². The van der Waals surface area contributed by atoms with Crippen LogP contribution in [0.3, 0.4) is 0 Å².